The molecular weight excluding hydrogens is 226 g/mol. The number of nitrogen functional groups attached to an aromatic ring is 1. The van der Waals surface area contributed by atoms with Gasteiger partial charge < -0.3 is 10.2 Å². The molecule has 0 atom stereocenters. The molecule has 0 bridgehead atoms. The Morgan fingerprint density at radius 3 is 2.61 bits per heavy atom. The van der Waals surface area contributed by atoms with E-state index in [1.165, 1.54) is 19.3 Å². The molecule has 2 aromatic rings. The van der Waals surface area contributed by atoms with E-state index in [-0.39, 0.29) is 0 Å². The van der Waals surface area contributed by atoms with Gasteiger partial charge in [-0.3, -0.25) is 0 Å². The number of hydrogen-bond donors (Lipinski definition) is 1. The number of nitrogens with zero attached hydrogens (tertiary/aromatic N) is 2. The molecule has 0 spiro atoms. The minimum atomic E-state index is 0.435. The van der Waals surface area contributed by atoms with Gasteiger partial charge in [-0.2, -0.15) is 0 Å². The summed E-state index contributed by atoms with van der Waals surface area (Å²) in [5, 5.41) is 8.31. The van der Waals surface area contributed by atoms with Crippen molar-refractivity contribution in [3.8, 4) is 11.5 Å². The summed E-state index contributed by atoms with van der Waals surface area (Å²) in [6.45, 7) is 0. The predicted molar refractivity (Wildman–Crippen MR) is 70.0 cm³/mol. The van der Waals surface area contributed by atoms with Crippen LogP contribution in [0.1, 0.15) is 43.9 Å². The Kier molecular flexibility index (Phi) is 3.00. The predicted octanol–water partition coefficient (Wildman–Crippen LogP) is 3.37. The van der Waals surface area contributed by atoms with Gasteiger partial charge in [0.15, 0.2) is 0 Å². The molecule has 0 radical (unpaired) electrons. The van der Waals surface area contributed by atoms with Crippen LogP contribution in [0.25, 0.3) is 11.5 Å². The fourth-order valence-electron chi connectivity index (χ4n) is 2.55. The molecule has 1 heterocycles. The van der Waals surface area contributed by atoms with Crippen molar-refractivity contribution in [2.45, 2.75) is 38.0 Å². The number of hydrogen-bond acceptors (Lipinski definition) is 4. The standard InChI is InChI=1S/C14H17N3O/c15-12-9-5-4-8-11(12)14-17-16-13(18-14)10-6-2-1-3-7-10/h4-5,8-10H,1-3,6-7,15H2. The molecule has 0 aliphatic heterocycles. The van der Waals surface area contributed by atoms with Crippen LogP contribution in [0.3, 0.4) is 0 Å². The van der Waals surface area contributed by atoms with Gasteiger partial charge in [-0.15, -0.1) is 10.2 Å². The van der Waals surface area contributed by atoms with Crippen LogP contribution < -0.4 is 5.73 Å². The molecule has 0 amide bonds. The van der Waals surface area contributed by atoms with E-state index < -0.39 is 0 Å². The van der Waals surface area contributed by atoms with Gasteiger partial charge in [0.2, 0.25) is 11.8 Å². The largest absolute Gasteiger partial charge is 0.420 e. The Morgan fingerprint density at radius 1 is 1.06 bits per heavy atom. The van der Waals surface area contributed by atoms with E-state index in [1.807, 2.05) is 24.3 Å². The summed E-state index contributed by atoms with van der Waals surface area (Å²) >= 11 is 0. The first-order chi connectivity index (χ1) is 8.84. The lowest BCUT2D eigenvalue weighted by atomic mass is 9.89. The number of rotatable bonds is 2. The van der Waals surface area contributed by atoms with E-state index >= 15 is 0 Å². The first-order valence-electron chi connectivity index (χ1n) is 6.53. The van der Waals surface area contributed by atoms with Gasteiger partial charge in [-0.25, -0.2) is 0 Å². The summed E-state index contributed by atoms with van der Waals surface area (Å²) in [6, 6.07) is 7.58. The van der Waals surface area contributed by atoms with E-state index in [0.29, 0.717) is 17.5 Å². The van der Waals surface area contributed by atoms with E-state index in [4.69, 9.17) is 10.2 Å². The molecule has 2 N–H and O–H groups in total. The first kappa shape index (κ1) is 11.3. The smallest absolute Gasteiger partial charge is 0.249 e. The Labute approximate surface area is 106 Å². The van der Waals surface area contributed by atoms with Crippen molar-refractivity contribution >= 4 is 5.69 Å². The summed E-state index contributed by atoms with van der Waals surface area (Å²) < 4.78 is 5.79. The highest BCUT2D eigenvalue weighted by atomic mass is 16.4. The number of nitrogens with two attached hydrogens (primary N) is 1. The van der Waals surface area contributed by atoms with E-state index in [0.717, 1.165) is 24.3 Å². The van der Waals surface area contributed by atoms with Crippen LogP contribution in [0.2, 0.25) is 0 Å². The highest BCUT2D eigenvalue weighted by molar-refractivity contribution is 5.69. The third-order valence-electron chi connectivity index (χ3n) is 3.59. The molecule has 4 nitrogen and oxygen atoms in total. The van der Waals surface area contributed by atoms with Crippen LogP contribution in [0.5, 0.6) is 0 Å². The lowest BCUT2D eigenvalue weighted by Crippen LogP contribution is -2.04. The van der Waals surface area contributed by atoms with Crippen molar-refractivity contribution in [3.05, 3.63) is 30.2 Å². The van der Waals surface area contributed by atoms with Crippen molar-refractivity contribution in [1.29, 1.82) is 0 Å². The summed E-state index contributed by atoms with van der Waals surface area (Å²) in [5.74, 6) is 1.74. The average Bonchev–Trinajstić information content (AvgIpc) is 2.90. The summed E-state index contributed by atoms with van der Waals surface area (Å²) in [5.41, 5.74) is 7.42. The van der Waals surface area contributed by atoms with Crippen LogP contribution in [0.4, 0.5) is 5.69 Å². The zero-order valence-electron chi connectivity index (χ0n) is 10.3. The summed E-state index contributed by atoms with van der Waals surface area (Å²) in [7, 11) is 0. The number of para-hydroxylation sites is 1. The molecule has 4 heteroatoms. The SMILES string of the molecule is Nc1ccccc1-c1nnc(C2CCCCC2)o1. The number of aromatic nitrogens is 2. The lowest BCUT2D eigenvalue weighted by molar-refractivity contribution is 0.367. The summed E-state index contributed by atoms with van der Waals surface area (Å²) in [6.07, 6.45) is 6.16. The van der Waals surface area contributed by atoms with Gasteiger partial charge >= 0.3 is 0 Å². The monoisotopic (exact) mass is 243 g/mol. The maximum atomic E-state index is 5.91. The molecule has 0 saturated heterocycles. The topological polar surface area (TPSA) is 64.9 Å². The fraction of sp³-hybridized carbons (Fsp3) is 0.429. The van der Waals surface area contributed by atoms with Crippen LogP contribution in [0, 0.1) is 0 Å². The quantitative estimate of drug-likeness (QED) is 0.821. The molecule has 1 aromatic heterocycles. The van der Waals surface area contributed by atoms with E-state index in [1.54, 1.807) is 0 Å². The third kappa shape index (κ3) is 2.10. The lowest BCUT2D eigenvalue weighted by Gasteiger charge is -2.17. The second-order valence-corrected chi connectivity index (χ2v) is 4.87. The van der Waals surface area contributed by atoms with E-state index in [2.05, 4.69) is 10.2 Å². The molecule has 94 valence electrons. The zero-order chi connectivity index (χ0) is 12.4. The van der Waals surface area contributed by atoms with Crippen LogP contribution in [-0.2, 0) is 0 Å². The molecule has 1 aliphatic rings. The number of benzene rings is 1. The molecule has 1 fully saturated rings. The third-order valence-corrected chi connectivity index (χ3v) is 3.59. The minimum absolute atomic E-state index is 0.435. The maximum absolute atomic E-state index is 5.91. The van der Waals surface area contributed by atoms with Crippen molar-refractivity contribution in [2.75, 3.05) is 5.73 Å². The van der Waals surface area contributed by atoms with Crippen molar-refractivity contribution in [3.63, 3.8) is 0 Å². The number of anilines is 1. The van der Waals surface area contributed by atoms with Crippen molar-refractivity contribution in [2.24, 2.45) is 0 Å². The molecule has 1 saturated carbocycles. The molecular formula is C14H17N3O. The van der Waals surface area contributed by atoms with Crippen LogP contribution in [0.15, 0.2) is 28.7 Å². The highest BCUT2D eigenvalue weighted by Crippen LogP contribution is 2.33. The van der Waals surface area contributed by atoms with Crippen LogP contribution >= 0.6 is 0 Å². The second-order valence-electron chi connectivity index (χ2n) is 4.87. The zero-order valence-corrected chi connectivity index (χ0v) is 10.3. The molecule has 0 unspecified atom stereocenters. The normalized spacial score (nSPS) is 16.9. The maximum Gasteiger partial charge on any atom is 0.249 e. The first-order valence-corrected chi connectivity index (χ1v) is 6.53. The van der Waals surface area contributed by atoms with Crippen molar-refractivity contribution < 1.29 is 4.42 Å². The highest BCUT2D eigenvalue weighted by Gasteiger charge is 2.21. The second kappa shape index (κ2) is 4.80. The molecule has 1 aliphatic carbocycles. The Bertz CT molecular complexity index is 529. The Balaban J connectivity index is 1.87. The Hall–Kier alpha value is -1.84. The molecule has 3 rings (SSSR count). The molecule has 18 heavy (non-hydrogen) atoms. The van der Waals surface area contributed by atoms with Gasteiger partial charge in [-0.05, 0) is 25.0 Å². The van der Waals surface area contributed by atoms with Gasteiger partial charge in [0, 0.05) is 11.6 Å². The average molecular weight is 243 g/mol. The van der Waals surface area contributed by atoms with E-state index in [9.17, 15) is 0 Å². The van der Waals surface area contributed by atoms with Gasteiger partial charge in [0.25, 0.3) is 0 Å². The van der Waals surface area contributed by atoms with Gasteiger partial charge in [0.05, 0.1) is 5.56 Å². The van der Waals surface area contributed by atoms with Crippen molar-refractivity contribution in [1.82, 2.24) is 10.2 Å². The van der Waals surface area contributed by atoms with Gasteiger partial charge in [0.1, 0.15) is 0 Å². The minimum Gasteiger partial charge on any atom is -0.420 e. The Morgan fingerprint density at radius 2 is 1.83 bits per heavy atom. The summed E-state index contributed by atoms with van der Waals surface area (Å²) in [4.78, 5) is 0. The van der Waals surface area contributed by atoms with Gasteiger partial charge in [-0.1, -0.05) is 31.4 Å². The van der Waals surface area contributed by atoms with Crippen LogP contribution in [-0.4, -0.2) is 10.2 Å². The molecule has 1 aromatic carbocycles. The fourth-order valence-corrected chi connectivity index (χ4v) is 2.55.